The van der Waals surface area contributed by atoms with Gasteiger partial charge < -0.3 is 5.32 Å². The maximum atomic E-state index is 11.5. The summed E-state index contributed by atoms with van der Waals surface area (Å²) in [6, 6.07) is 0. The maximum Gasteiger partial charge on any atom is 0.271 e. The standard InChI is InChI=1S/C9H8N4OS/c14-9(7-5-10-1-2-11-7)13-6-8-12-3-4-15-8/h1-5H,6H2,(H,13,14). The molecule has 0 unspecified atom stereocenters. The summed E-state index contributed by atoms with van der Waals surface area (Å²) >= 11 is 1.50. The predicted molar refractivity (Wildman–Crippen MR) is 55.3 cm³/mol. The Morgan fingerprint density at radius 3 is 2.93 bits per heavy atom. The van der Waals surface area contributed by atoms with Crippen LogP contribution in [-0.4, -0.2) is 20.9 Å². The van der Waals surface area contributed by atoms with Crippen LogP contribution in [0.2, 0.25) is 0 Å². The highest BCUT2D eigenvalue weighted by Crippen LogP contribution is 2.03. The third-order valence-corrected chi connectivity index (χ3v) is 2.46. The van der Waals surface area contributed by atoms with E-state index in [-0.39, 0.29) is 5.91 Å². The fourth-order valence-corrected chi connectivity index (χ4v) is 1.56. The van der Waals surface area contributed by atoms with Gasteiger partial charge in [-0.05, 0) is 0 Å². The van der Waals surface area contributed by atoms with E-state index < -0.39 is 0 Å². The summed E-state index contributed by atoms with van der Waals surface area (Å²) < 4.78 is 0. The molecule has 1 N–H and O–H groups in total. The molecule has 2 rings (SSSR count). The van der Waals surface area contributed by atoms with Gasteiger partial charge in [0.2, 0.25) is 0 Å². The van der Waals surface area contributed by atoms with E-state index in [9.17, 15) is 4.79 Å². The predicted octanol–water partition coefficient (Wildman–Crippen LogP) is 0.863. The van der Waals surface area contributed by atoms with Gasteiger partial charge in [0, 0.05) is 24.0 Å². The second-order valence-electron chi connectivity index (χ2n) is 2.70. The van der Waals surface area contributed by atoms with Gasteiger partial charge in [-0.25, -0.2) is 9.97 Å². The highest BCUT2D eigenvalue weighted by atomic mass is 32.1. The Morgan fingerprint density at radius 1 is 1.33 bits per heavy atom. The molecule has 0 saturated carbocycles. The molecule has 0 aromatic carbocycles. The van der Waals surface area contributed by atoms with Crippen molar-refractivity contribution < 1.29 is 4.79 Å². The van der Waals surface area contributed by atoms with Crippen LogP contribution in [0.4, 0.5) is 0 Å². The van der Waals surface area contributed by atoms with Gasteiger partial charge in [-0.15, -0.1) is 11.3 Å². The largest absolute Gasteiger partial charge is 0.344 e. The van der Waals surface area contributed by atoms with Crippen molar-refractivity contribution in [3.05, 3.63) is 40.9 Å². The monoisotopic (exact) mass is 220 g/mol. The van der Waals surface area contributed by atoms with E-state index in [1.807, 2.05) is 5.38 Å². The molecular formula is C9H8N4OS. The summed E-state index contributed by atoms with van der Waals surface area (Å²) in [5.74, 6) is -0.238. The van der Waals surface area contributed by atoms with Crippen LogP contribution in [0.5, 0.6) is 0 Å². The molecule has 15 heavy (non-hydrogen) atoms. The van der Waals surface area contributed by atoms with Crippen LogP contribution in [-0.2, 0) is 6.54 Å². The first-order chi connectivity index (χ1) is 7.36. The number of thiazole rings is 1. The minimum Gasteiger partial charge on any atom is -0.344 e. The second-order valence-corrected chi connectivity index (χ2v) is 3.68. The van der Waals surface area contributed by atoms with Gasteiger partial charge in [0.25, 0.3) is 5.91 Å². The van der Waals surface area contributed by atoms with Gasteiger partial charge in [-0.3, -0.25) is 9.78 Å². The number of carbonyl (C=O) groups excluding carboxylic acids is 1. The van der Waals surface area contributed by atoms with Crippen molar-refractivity contribution in [3.63, 3.8) is 0 Å². The molecule has 2 heterocycles. The molecule has 0 saturated heterocycles. The zero-order valence-electron chi connectivity index (χ0n) is 7.75. The van der Waals surface area contributed by atoms with Crippen molar-refractivity contribution in [2.24, 2.45) is 0 Å². The van der Waals surface area contributed by atoms with Gasteiger partial charge in [0.1, 0.15) is 10.7 Å². The van der Waals surface area contributed by atoms with Crippen LogP contribution in [0, 0.1) is 0 Å². The fourth-order valence-electron chi connectivity index (χ4n) is 1.00. The normalized spacial score (nSPS) is 9.87. The highest BCUT2D eigenvalue weighted by Gasteiger charge is 2.06. The average Bonchev–Trinajstić information content (AvgIpc) is 2.80. The first-order valence-electron chi connectivity index (χ1n) is 4.29. The molecule has 6 heteroatoms. The van der Waals surface area contributed by atoms with Crippen LogP contribution in [0.3, 0.4) is 0 Å². The molecule has 0 aliphatic carbocycles. The number of nitrogens with one attached hydrogen (secondary N) is 1. The molecule has 0 fully saturated rings. The molecule has 2 aromatic heterocycles. The number of carbonyl (C=O) groups is 1. The van der Waals surface area contributed by atoms with E-state index in [2.05, 4.69) is 20.3 Å². The zero-order valence-corrected chi connectivity index (χ0v) is 8.57. The van der Waals surface area contributed by atoms with Crippen molar-refractivity contribution in [2.45, 2.75) is 6.54 Å². The first kappa shape index (κ1) is 9.72. The molecule has 1 amide bonds. The molecule has 0 aliphatic heterocycles. The Hall–Kier alpha value is -1.82. The summed E-state index contributed by atoms with van der Waals surface area (Å²) in [5.41, 5.74) is 0.314. The van der Waals surface area contributed by atoms with Gasteiger partial charge >= 0.3 is 0 Å². The molecule has 2 aromatic rings. The minimum absolute atomic E-state index is 0.238. The lowest BCUT2D eigenvalue weighted by Crippen LogP contribution is -2.23. The fraction of sp³-hybridized carbons (Fsp3) is 0.111. The Bertz CT molecular complexity index is 429. The Kier molecular flexibility index (Phi) is 2.99. The van der Waals surface area contributed by atoms with Crippen molar-refractivity contribution in [3.8, 4) is 0 Å². The molecular weight excluding hydrogens is 212 g/mol. The van der Waals surface area contributed by atoms with E-state index in [4.69, 9.17) is 0 Å². The average molecular weight is 220 g/mol. The lowest BCUT2D eigenvalue weighted by Gasteiger charge is -2.00. The van der Waals surface area contributed by atoms with E-state index in [1.165, 1.54) is 29.9 Å². The molecule has 0 spiro atoms. The summed E-state index contributed by atoms with van der Waals surface area (Å²) in [6.07, 6.45) is 6.14. The summed E-state index contributed by atoms with van der Waals surface area (Å²) in [5, 5.41) is 5.44. The van der Waals surface area contributed by atoms with Crippen LogP contribution < -0.4 is 5.32 Å². The molecule has 0 bridgehead atoms. The number of hydrogen-bond acceptors (Lipinski definition) is 5. The topological polar surface area (TPSA) is 67.8 Å². The molecule has 0 aliphatic rings. The SMILES string of the molecule is O=C(NCc1nccs1)c1cnccn1. The van der Waals surface area contributed by atoms with Crippen LogP contribution >= 0.6 is 11.3 Å². The van der Waals surface area contributed by atoms with Gasteiger partial charge in [0.05, 0.1) is 12.7 Å². The van der Waals surface area contributed by atoms with Crippen LogP contribution in [0.25, 0.3) is 0 Å². The maximum absolute atomic E-state index is 11.5. The summed E-state index contributed by atoms with van der Waals surface area (Å²) in [4.78, 5) is 23.3. The lowest BCUT2D eigenvalue weighted by atomic mass is 10.4. The third kappa shape index (κ3) is 2.57. The highest BCUT2D eigenvalue weighted by molar-refractivity contribution is 7.09. The van der Waals surface area contributed by atoms with E-state index >= 15 is 0 Å². The number of nitrogens with zero attached hydrogens (tertiary/aromatic N) is 3. The van der Waals surface area contributed by atoms with Crippen molar-refractivity contribution in [1.29, 1.82) is 0 Å². The minimum atomic E-state index is -0.238. The lowest BCUT2D eigenvalue weighted by molar-refractivity contribution is 0.0945. The number of rotatable bonds is 3. The van der Waals surface area contributed by atoms with Gasteiger partial charge in [0.15, 0.2) is 0 Å². The first-order valence-corrected chi connectivity index (χ1v) is 5.17. The van der Waals surface area contributed by atoms with E-state index in [0.717, 1.165) is 5.01 Å². The molecule has 0 radical (unpaired) electrons. The van der Waals surface area contributed by atoms with Crippen LogP contribution in [0.1, 0.15) is 15.5 Å². The van der Waals surface area contributed by atoms with Gasteiger partial charge in [-0.1, -0.05) is 0 Å². The third-order valence-electron chi connectivity index (χ3n) is 1.68. The molecule has 76 valence electrons. The number of aromatic nitrogens is 3. The summed E-state index contributed by atoms with van der Waals surface area (Å²) in [7, 11) is 0. The number of amides is 1. The Labute approximate surface area is 90.2 Å². The van der Waals surface area contributed by atoms with E-state index in [1.54, 1.807) is 6.20 Å². The quantitative estimate of drug-likeness (QED) is 0.833. The summed E-state index contributed by atoms with van der Waals surface area (Å²) in [6.45, 7) is 0.424. The van der Waals surface area contributed by atoms with Crippen LogP contribution in [0.15, 0.2) is 30.2 Å². The van der Waals surface area contributed by atoms with Crippen molar-refractivity contribution in [2.75, 3.05) is 0 Å². The zero-order chi connectivity index (χ0) is 10.5. The number of hydrogen-bond donors (Lipinski definition) is 1. The Balaban J connectivity index is 1.94. The molecule has 5 nitrogen and oxygen atoms in total. The van der Waals surface area contributed by atoms with E-state index in [0.29, 0.717) is 12.2 Å². The second kappa shape index (κ2) is 4.61. The van der Waals surface area contributed by atoms with Crippen molar-refractivity contribution in [1.82, 2.24) is 20.3 Å². The Morgan fingerprint density at radius 2 is 2.27 bits per heavy atom. The van der Waals surface area contributed by atoms with Crippen molar-refractivity contribution >= 4 is 17.2 Å². The van der Waals surface area contributed by atoms with Gasteiger partial charge in [-0.2, -0.15) is 0 Å². The molecule has 0 atom stereocenters. The smallest absolute Gasteiger partial charge is 0.271 e.